The molecule has 0 spiro atoms. The van der Waals surface area contributed by atoms with Crippen molar-refractivity contribution in [1.29, 1.82) is 0 Å². The standard InChI is InChI=1S/C33H35N5O8S2/c39-30(15-16-31(40)44-23-24-45-32-33(38(41)46-34-32)48(42,43)25-9-2-1-3-10-25)36-21-19-35(20-22-36)17-8-18-37-26-11-4-6-13-28(26)47-29-14-7-5-12-27(29)37/h1-7,9-14H,8,15-24H2. The summed E-state index contributed by atoms with van der Waals surface area (Å²) in [4.78, 5) is 33.7. The lowest BCUT2D eigenvalue weighted by Crippen LogP contribution is -2.49. The molecule has 0 N–H and O–H groups in total. The van der Waals surface area contributed by atoms with Crippen molar-refractivity contribution in [3.05, 3.63) is 84.1 Å². The first-order valence-electron chi connectivity index (χ1n) is 15.6. The fourth-order valence-electron chi connectivity index (χ4n) is 5.67. The van der Waals surface area contributed by atoms with E-state index in [4.69, 9.17) is 9.47 Å². The van der Waals surface area contributed by atoms with E-state index in [-0.39, 0.29) is 41.8 Å². The molecule has 252 valence electrons. The highest BCUT2D eigenvalue weighted by Crippen LogP contribution is 2.47. The zero-order valence-corrected chi connectivity index (χ0v) is 27.7. The van der Waals surface area contributed by atoms with Gasteiger partial charge < -0.3 is 24.5 Å². The maximum atomic E-state index is 12.8. The highest BCUT2D eigenvalue weighted by Gasteiger charge is 2.36. The molecule has 2 aliphatic rings. The fourth-order valence-corrected chi connectivity index (χ4v) is 8.06. The number of carbonyl (C=O) groups excluding carboxylic acids is 2. The lowest BCUT2D eigenvalue weighted by molar-refractivity contribution is -0.832. The van der Waals surface area contributed by atoms with Crippen LogP contribution in [0.2, 0.25) is 0 Å². The number of hydrogen-bond donors (Lipinski definition) is 0. The van der Waals surface area contributed by atoms with E-state index in [2.05, 4.69) is 68.1 Å². The summed E-state index contributed by atoms with van der Waals surface area (Å²) in [7, 11) is -4.26. The van der Waals surface area contributed by atoms with Crippen molar-refractivity contribution in [3.63, 3.8) is 0 Å². The Bertz CT molecular complexity index is 1800. The van der Waals surface area contributed by atoms with Gasteiger partial charge in [0.2, 0.25) is 5.91 Å². The van der Waals surface area contributed by atoms with Crippen molar-refractivity contribution in [1.82, 2.24) is 15.0 Å². The number of carbonyl (C=O) groups is 2. The van der Waals surface area contributed by atoms with E-state index in [1.54, 1.807) is 22.7 Å². The summed E-state index contributed by atoms with van der Waals surface area (Å²) in [6.07, 6.45) is 0.896. The molecule has 2 aliphatic heterocycles. The normalized spacial score (nSPS) is 14.7. The lowest BCUT2D eigenvalue weighted by atomic mass is 10.2. The van der Waals surface area contributed by atoms with Gasteiger partial charge in [0, 0.05) is 48.9 Å². The molecule has 3 aromatic carbocycles. The third-order valence-electron chi connectivity index (χ3n) is 8.10. The monoisotopic (exact) mass is 693 g/mol. The van der Waals surface area contributed by atoms with Crippen LogP contribution in [-0.2, 0) is 24.2 Å². The van der Waals surface area contributed by atoms with Crippen molar-refractivity contribution in [2.75, 3.05) is 57.4 Å². The number of hydrogen-bond acceptors (Lipinski definition) is 12. The Labute approximate surface area is 282 Å². The molecule has 0 radical (unpaired) electrons. The van der Waals surface area contributed by atoms with Gasteiger partial charge in [0.25, 0.3) is 9.84 Å². The van der Waals surface area contributed by atoms with Crippen LogP contribution in [0.3, 0.4) is 0 Å². The van der Waals surface area contributed by atoms with Crippen molar-refractivity contribution in [2.45, 2.75) is 39.0 Å². The second kappa shape index (κ2) is 15.1. The van der Waals surface area contributed by atoms with Crippen molar-refractivity contribution in [2.24, 2.45) is 0 Å². The first kappa shape index (κ1) is 33.3. The number of sulfone groups is 1. The topological polar surface area (TPSA) is 149 Å². The summed E-state index contributed by atoms with van der Waals surface area (Å²) in [5.74, 6) is -1.25. The molecule has 0 saturated carbocycles. The molecule has 1 saturated heterocycles. The molecule has 1 amide bonds. The van der Waals surface area contributed by atoms with Gasteiger partial charge in [-0.15, -0.1) is 0 Å². The minimum atomic E-state index is -4.26. The molecule has 3 heterocycles. The van der Waals surface area contributed by atoms with E-state index in [1.165, 1.54) is 45.4 Å². The van der Waals surface area contributed by atoms with Crippen LogP contribution in [0.5, 0.6) is 5.88 Å². The van der Waals surface area contributed by atoms with Crippen LogP contribution in [0.25, 0.3) is 0 Å². The number of fused-ring (bicyclic) bond motifs is 2. The molecular formula is C33H35N5O8S2. The number of nitrogens with zero attached hydrogens (tertiary/aromatic N) is 5. The van der Waals surface area contributed by atoms with Gasteiger partial charge in [-0.25, -0.2) is 8.42 Å². The van der Waals surface area contributed by atoms with Gasteiger partial charge in [-0.2, -0.15) is 0 Å². The van der Waals surface area contributed by atoms with Crippen LogP contribution in [-0.4, -0.2) is 87.7 Å². The van der Waals surface area contributed by atoms with Crippen LogP contribution in [0.1, 0.15) is 19.3 Å². The summed E-state index contributed by atoms with van der Waals surface area (Å²) in [6.45, 7) is 4.03. The van der Waals surface area contributed by atoms with Gasteiger partial charge in [0.05, 0.1) is 27.8 Å². The van der Waals surface area contributed by atoms with Gasteiger partial charge in [-0.3, -0.25) is 19.1 Å². The number of benzene rings is 3. The Balaban J connectivity index is 0.887. The molecule has 0 bridgehead atoms. The lowest BCUT2D eigenvalue weighted by Gasteiger charge is -2.36. The van der Waals surface area contributed by atoms with Crippen LogP contribution >= 0.6 is 11.8 Å². The number of para-hydroxylation sites is 2. The Morgan fingerprint density at radius 2 is 1.50 bits per heavy atom. The Morgan fingerprint density at radius 3 is 2.19 bits per heavy atom. The molecule has 0 atom stereocenters. The number of ether oxygens (including phenoxy) is 2. The SMILES string of the molecule is O=C(CCC(=O)N1CCN(CCCN2c3ccccc3Sc3ccccc32)CC1)OCCOc1no[n+]([O-])c1S(=O)(=O)c1ccccc1. The van der Waals surface area contributed by atoms with E-state index in [0.29, 0.717) is 13.1 Å². The van der Waals surface area contributed by atoms with Gasteiger partial charge in [0.1, 0.15) is 13.2 Å². The predicted molar refractivity (Wildman–Crippen MR) is 175 cm³/mol. The third kappa shape index (κ3) is 7.58. The molecule has 4 aromatic rings. The molecule has 1 aromatic heterocycles. The molecule has 13 nitrogen and oxygen atoms in total. The fraction of sp³-hybridized carbons (Fsp3) is 0.333. The maximum absolute atomic E-state index is 12.8. The van der Waals surface area contributed by atoms with Crippen molar-refractivity contribution >= 4 is 44.9 Å². The predicted octanol–water partition coefficient (Wildman–Crippen LogP) is 3.68. The van der Waals surface area contributed by atoms with Crippen molar-refractivity contribution < 1.29 is 37.0 Å². The van der Waals surface area contributed by atoms with Crippen molar-refractivity contribution in [3.8, 4) is 5.88 Å². The molecule has 0 unspecified atom stereocenters. The summed E-state index contributed by atoms with van der Waals surface area (Å²) in [5, 5.41) is 14.6. The Morgan fingerprint density at radius 1 is 0.854 bits per heavy atom. The summed E-state index contributed by atoms with van der Waals surface area (Å²) >= 11 is 1.80. The Hall–Kier alpha value is -4.60. The van der Waals surface area contributed by atoms with Gasteiger partial charge >= 0.3 is 16.9 Å². The zero-order chi connectivity index (χ0) is 33.5. The summed E-state index contributed by atoms with van der Waals surface area (Å²) < 4.78 is 40.5. The average molecular weight is 694 g/mol. The minimum Gasteiger partial charge on any atom is -0.462 e. The van der Waals surface area contributed by atoms with Crippen LogP contribution in [0.4, 0.5) is 11.4 Å². The molecule has 48 heavy (non-hydrogen) atoms. The molecule has 1 fully saturated rings. The van der Waals surface area contributed by atoms with E-state index >= 15 is 0 Å². The van der Waals surface area contributed by atoms with Gasteiger partial charge in [-0.05, 0) is 54.3 Å². The molecular weight excluding hydrogens is 659 g/mol. The number of amides is 1. The maximum Gasteiger partial charge on any atom is 0.415 e. The average Bonchev–Trinajstić information content (AvgIpc) is 3.50. The van der Waals surface area contributed by atoms with E-state index in [1.807, 2.05) is 0 Å². The number of esters is 1. The van der Waals surface area contributed by atoms with Gasteiger partial charge in [-0.1, -0.05) is 54.2 Å². The van der Waals surface area contributed by atoms with Crippen LogP contribution < -0.4 is 14.5 Å². The smallest absolute Gasteiger partial charge is 0.415 e. The minimum absolute atomic E-state index is 0.0183. The van der Waals surface area contributed by atoms with Crippen LogP contribution in [0, 0.1) is 5.21 Å². The number of anilines is 2. The van der Waals surface area contributed by atoms with E-state index in [0.717, 1.165) is 32.6 Å². The highest BCUT2D eigenvalue weighted by atomic mass is 32.2. The largest absolute Gasteiger partial charge is 0.462 e. The zero-order valence-electron chi connectivity index (χ0n) is 26.1. The highest BCUT2D eigenvalue weighted by molar-refractivity contribution is 7.99. The molecule has 15 heteroatoms. The van der Waals surface area contributed by atoms with Crippen LogP contribution in [0.15, 0.2) is 103 Å². The molecule has 0 aliphatic carbocycles. The summed E-state index contributed by atoms with van der Waals surface area (Å²) in [6, 6.07) is 24.3. The summed E-state index contributed by atoms with van der Waals surface area (Å²) in [5.41, 5.74) is 2.47. The van der Waals surface area contributed by atoms with Gasteiger partial charge in [0.15, 0.2) is 0 Å². The Kier molecular flexibility index (Phi) is 10.5. The number of aromatic nitrogens is 2. The second-order valence-corrected chi connectivity index (χ2v) is 14.1. The second-order valence-electron chi connectivity index (χ2n) is 11.2. The van der Waals surface area contributed by atoms with E-state index in [9.17, 15) is 23.2 Å². The first-order chi connectivity index (χ1) is 23.3. The number of rotatable bonds is 13. The third-order valence-corrected chi connectivity index (χ3v) is 11.0. The molecule has 6 rings (SSSR count). The first-order valence-corrected chi connectivity index (χ1v) is 17.9. The quantitative estimate of drug-likeness (QED) is 0.114. The number of piperazine rings is 1. The van der Waals surface area contributed by atoms with E-state index < -0.39 is 26.7 Å².